The minimum absolute atomic E-state index is 0.00179. The Labute approximate surface area is 109 Å². The van der Waals surface area contributed by atoms with Crippen molar-refractivity contribution in [1.82, 2.24) is 4.98 Å². The van der Waals surface area contributed by atoms with Gasteiger partial charge in [-0.2, -0.15) is 8.42 Å². The Morgan fingerprint density at radius 3 is 2.89 bits per heavy atom. The van der Waals surface area contributed by atoms with Gasteiger partial charge in [-0.1, -0.05) is 11.6 Å². The number of hydrogen-bond donors (Lipinski definition) is 0. The molecule has 1 aromatic rings. The van der Waals surface area contributed by atoms with E-state index in [0.29, 0.717) is 10.7 Å². The Balaban J connectivity index is 2.18. The van der Waals surface area contributed by atoms with E-state index in [2.05, 4.69) is 4.98 Å². The highest BCUT2D eigenvalue weighted by atomic mass is 35.5. The van der Waals surface area contributed by atoms with Crippen LogP contribution in [0.25, 0.3) is 0 Å². The van der Waals surface area contributed by atoms with Crippen molar-refractivity contribution < 1.29 is 17.1 Å². The van der Waals surface area contributed by atoms with Gasteiger partial charge in [0.2, 0.25) is 5.91 Å². The number of halogens is 2. The molecular weight excluding hydrogens is 283 g/mol. The van der Waals surface area contributed by atoms with Gasteiger partial charge >= 0.3 is 10.2 Å². The molecule has 8 heteroatoms. The van der Waals surface area contributed by atoms with E-state index in [9.17, 15) is 17.1 Å². The third-order valence-corrected chi connectivity index (χ3v) is 3.84. The molecule has 0 N–H and O–H groups in total. The number of pyridine rings is 1. The van der Waals surface area contributed by atoms with E-state index in [-0.39, 0.29) is 18.9 Å². The van der Waals surface area contributed by atoms with Crippen molar-refractivity contribution in [3.05, 3.63) is 23.5 Å². The first kappa shape index (κ1) is 13.2. The molecule has 0 aromatic carbocycles. The van der Waals surface area contributed by atoms with Crippen molar-refractivity contribution >= 4 is 33.4 Å². The van der Waals surface area contributed by atoms with Gasteiger partial charge < -0.3 is 4.90 Å². The van der Waals surface area contributed by atoms with E-state index < -0.39 is 21.9 Å². The molecule has 1 amide bonds. The smallest absolute Gasteiger partial charge is 0.302 e. The summed E-state index contributed by atoms with van der Waals surface area (Å²) in [5.41, 5.74) is 0.468. The molecule has 1 aromatic heterocycles. The maximum atomic E-state index is 12.6. The number of carbonyl (C=O) groups is 1. The fourth-order valence-corrected chi connectivity index (χ4v) is 3.00. The number of amides is 1. The van der Waals surface area contributed by atoms with Gasteiger partial charge in [0.15, 0.2) is 0 Å². The average Bonchev–Trinajstić information content (AvgIpc) is 2.57. The summed E-state index contributed by atoms with van der Waals surface area (Å²) in [7, 11) is -4.57. The van der Waals surface area contributed by atoms with Crippen LogP contribution in [0.5, 0.6) is 0 Å². The summed E-state index contributed by atoms with van der Waals surface area (Å²) >= 11 is 5.90. The normalized spacial score (nSPS) is 20.4. The van der Waals surface area contributed by atoms with Crippen LogP contribution < -0.4 is 4.90 Å². The van der Waals surface area contributed by atoms with Gasteiger partial charge in [-0.15, -0.1) is 3.89 Å². The zero-order valence-corrected chi connectivity index (χ0v) is 10.8. The maximum absolute atomic E-state index is 12.6. The predicted octanol–water partition coefficient (Wildman–Crippen LogP) is 1.39. The number of nitrogens with zero attached hydrogens (tertiary/aromatic N) is 2. The minimum atomic E-state index is -4.57. The largest absolute Gasteiger partial charge is 0.310 e. The van der Waals surface area contributed by atoms with Crippen molar-refractivity contribution in [2.45, 2.75) is 6.42 Å². The first-order chi connectivity index (χ1) is 8.37. The van der Waals surface area contributed by atoms with Gasteiger partial charge in [0, 0.05) is 31.3 Å². The Morgan fingerprint density at radius 1 is 1.56 bits per heavy atom. The fourth-order valence-electron chi connectivity index (χ4n) is 1.99. The molecule has 1 aliphatic rings. The second-order valence-electron chi connectivity index (χ2n) is 4.11. The zero-order valence-electron chi connectivity index (χ0n) is 9.21. The summed E-state index contributed by atoms with van der Waals surface area (Å²) in [6, 6.07) is 1.56. The summed E-state index contributed by atoms with van der Waals surface area (Å²) in [5, 5.41) is 0.301. The molecule has 0 bridgehead atoms. The highest BCUT2D eigenvalue weighted by Crippen LogP contribution is 2.30. The zero-order chi connectivity index (χ0) is 13.3. The second kappa shape index (κ2) is 4.81. The first-order valence-corrected chi connectivity index (χ1v) is 7.12. The second-order valence-corrected chi connectivity index (χ2v) is 5.93. The van der Waals surface area contributed by atoms with E-state index in [1.165, 1.54) is 17.3 Å². The molecule has 0 spiro atoms. The lowest BCUT2D eigenvalue weighted by Gasteiger charge is -2.17. The van der Waals surface area contributed by atoms with Gasteiger partial charge in [0.05, 0.1) is 16.5 Å². The van der Waals surface area contributed by atoms with Crippen LogP contribution in [0.15, 0.2) is 18.5 Å². The summed E-state index contributed by atoms with van der Waals surface area (Å²) in [6.45, 7) is 0.145. The number of carbonyl (C=O) groups excluding carboxylic acids is 1. The van der Waals surface area contributed by atoms with Gasteiger partial charge in [-0.25, -0.2) is 0 Å². The van der Waals surface area contributed by atoms with Crippen LogP contribution in [0, 0.1) is 5.92 Å². The molecule has 2 rings (SSSR count). The quantitative estimate of drug-likeness (QED) is 0.790. The van der Waals surface area contributed by atoms with Crippen LogP contribution in [0.1, 0.15) is 6.42 Å². The van der Waals surface area contributed by atoms with Gasteiger partial charge in [0.25, 0.3) is 0 Å². The number of anilines is 1. The average molecular weight is 293 g/mol. The highest BCUT2D eigenvalue weighted by Gasteiger charge is 2.34. The molecule has 98 valence electrons. The highest BCUT2D eigenvalue weighted by molar-refractivity contribution is 7.86. The Morgan fingerprint density at radius 2 is 2.28 bits per heavy atom. The number of hydrogen-bond acceptors (Lipinski definition) is 4. The molecule has 2 heterocycles. The molecular formula is C10H10ClFN2O3S. The summed E-state index contributed by atoms with van der Waals surface area (Å²) in [6.07, 6.45) is 2.87. The van der Waals surface area contributed by atoms with Crippen molar-refractivity contribution in [3.63, 3.8) is 0 Å². The Bertz CT molecular complexity index is 578. The molecule has 1 aliphatic heterocycles. The minimum Gasteiger partial charge on any atom is -0.310 e. The van der Waals surface area contributed by atoms with Crippen molar-refractivity contribution in [1.29, 1.82) is 0 Å². The molecule has 0 radical (unpaired) electrons. The van der Waals surface area contributed by atoms with Crippen LogP contribution in [-0.4, -0.2) is 31.6 Å². The van der Waals surface area contributed by atoms with Crippen LogP contribution in [0.2, 0.25) is 5.02 Å². The summed E-state index contributed by atoms with van der Waals surface area (Å²) in [4.78, 5) is 16.9. The number of aromatic nitrogens is 1. The number of rotatable bonds is 3. The fraction of sp³-hybridized carbons (Fsp3) is 0.400. The Hall–Kier alpha value is -1.21. The predicted molar refractivity (Wildman–Crippen MR) is 64.6 cm³/mol. The summed E-state index contributed by atoms with van der Waals surface area (Å²) < 4.78 is 33.7. The van der Waals surface area contributed by atoms with Gasteiger partial charge in [0.1, 0.15) is 0 Å². The molecule has 5 nitrogen and oxygen atoms in total. The third kappa shape index (κ3) is 2.97. The lowest BCUT2D eigenvalue weighted by molar-refractivity contribution is -0.117. The standard InChI is InChI=1S/C10H10ClFN2O3S/c11-8-4-13-2-1-9(8)14-5-7(3-10(14)15)6-18(12,16)17/h1-2,4,7H,3,5-6H2. The molecule has 1 fully saturated rings. The SMILES string of the molecule is O=C1CC(CS(=O)(=O)F)CN1c1ccncc1Cl. The van der Waals surface area contributed by atoms with E-state index in [1.807, 2.05) is 0 Å². The van der Waals surface area contributed by atoms with Crippen molar-refractivity contribution in [2.75, 3.05) is 17.2 Å². The topological polar surface area (TPSA) is 67.3 Å². The van der Waals surface area contributed by atoms with E-state index >= 15 is 0 Å². The van der Waals surface area contributed by atoms with E-state index in [0.717, 1.165) is 0 Å². The first-order valence-electron chi connectivity index (χ1n) is 5.19. The van der Waals surface area contributed by atoms with Gasteiger partial charge in [-0.05, 0) is 6.07 Å². The molecule has 0 aliphatic carbocycles. The molecule has 1 unspecified atom stereocenters. The van der Waals surface area contributed by atoms with Crippen LogP contribution in [0.4, 0.5) is 9.57 Å². The summed E-state index contributed by atoms with van der Waals surface area (Å²) in [5.74, 6) is -1.45. The van der Waals surface area contributed by atoms with Crippen LogP contribution in [0.3, 0.4) is 0 Å². The molecule has 1 saturated heterocycles. The van der Waals surface area contributed by atoms with Crippen LogP contribution >= 0.6 is 11.6 Å². The van der Waals surface area contributed by atoms with Crippen LogP contribution in [-0.2, 0) is 15.0 Å². The van der Waals surface area contributed by atoms with E-state index in [1.54, 1.807) is 6.07 Å². The maximum Gasteiger partial charge on any atom is 0.302 e. The van der Waals surface area contributed by atoms with E-state index in [4.69, 9.17) is 11.6 Å². The van der Waals surface area contributed by atoms with Crippen molar-refractivity contribution in [2.24, 2.45) is 5.92 Å². The lowest BCUT2D eigenvalue weighted by atomic mass is 10.1. The molecule has 18 heavy (non-hydrogen) atoms. The Kier molecular flexibility index (Phi) is 3.54. The lowest BCUT2D eigenvalue weighted by Crippen LogP contribution is -2.25. The monoisotopic (exact) mass is 292 g/mol. The third-order valence-electron chi connectivity index (χ3n) is 2.68. The molecule has 0 saturated carbocycles. The van der Waals surface area contributed by atoms with Gasteiger partial charge in [-0.3, -0.25) is 9.78 Å². The molecule has 1 atom stereocenters. The van der Waals surface area contributed by atoms with Crippen molar-refractivity contribution in [3.8, 4) is 0 Å².